The SMILES string of the molecule is Cn1nc(-c2ccncc2)c(-c2ccccc2)c1N. The molecule has 3 aromatic rings. The molecule has 4 heteroatoms. The second-order valence-corrected chi connectivity index (χ2v) is 4.33. The second-order valence-electron chi connectivity index (χ2n) is 4.33. The number of pyridine rings is 1. The van der Waals surface area contributed by atoms with Gasteiger partial charge in [-0.1, -0.05) is 30.3 Å². The van der Waals surface area contributed by atoms with Crippen LogP contribution in [0.1, 0.15) is 0 Å². The van der Waals surface area contributed by atoms with E-state index in [1.54, 1.807) is 17.1 Å². The van der Waals surface area contributed by atoms with Crippen molar-refractivity contribution in [3.63, 3.8) is 0 Å². The molecule has 0 saturated carbocycles. The van der Waals surface area contributed by atoms with Crippen molar-refractivity contribution in [1.82, 2.24) is 14.8 Å². The maximum atomic E-state index is 6.16. The molecule has 0 atom stereocenters. The molecule has 3 rings (SSSR count). The Bertz CT molecular complexity index is 687. The molecule has 0 spiro atoms. The van der Waals surface area contributed by atoms with E-state index in [0.29, 0.717) is 5.82 Å². The molecule has 2 aromatic heterocycles. The van der Waals surface area contributed by atoms with Crippen LogP contribution in [0.25, 0.3) is 22.4 Å². The zero-order valence-electron chi connectivity index (χ0n) is 10.6. The van der Waals surface area contributed by atoms with Gasteiger partial charge in [0.25, 0.3) is 0 Å². The van der Waals surface area contributed by atoms with Crippen molar-refractivity contribution in [3.8, 4) is 22.4 Å². The number of anilines is 1. The normalized spacial score (nSPS) is 10.6. The molecule has 0 bridgehead atoms. The van der Waals surface area contributed by atoms with Crippen molar-refractivity contribution in [2.24, 2.45) is 7.05 Å². The Hall–Kier alpha value is -2.62. The number of rotatable bonds is 2. The fourth-order valence-corrected chi connectivity index (χ4v) is 2.14. The monoisotopic (exact) mass is 250 g/mol. The van der Waals surface area contributed by atoms with Crippen LogP contribution in [0.4, 0.5) is 5.82 Å². The topological polar surface area (TPSA) is 56.7 Å². The summed E-state index contributed by atoms with van der Waals surface area (Å²) in [6, 6.07) is 13.9. The summed E-state index contributed by atoms with van der Waals surface area (Å²) in [5.74, 6) is 0.665. The first-order valence-corrected chi connectivity index (χ1v) is 6.05. The lowest BCUT2D eigenvalue weighted by Crippen LogP contribution is -1.97. The third-order valence-corrected chi connectivity index (χ3v) is 3.11. The molecule has 0 fully saturated rings. The fourth-order valence-electron chi connectivity index (χ4n) is 2.14. The maximum absolute atomic E-state index is 6.16. The average molecular weight is 250 g/mol. The molecule has 19 heavy (non-hydrogen) atoms. The van der Waals surface area contributed by atoms with E-state index >= 15 is 0 Å². The van der Waals surface area contributed by atoms with Gasteiger partial charge < -0.3 is 5.73 Å². The van der Waals surface area contributed by atoms with E-state index in [2.05, 4.69) is 10.1 Å². The number of aromatic nitrogens is 3. The van der Waals surface area contributed by atoms with Gasteiger partial charge in [0, 0.05) is 25.0 Å². The van der Waals surface area contributed by atoms with Crippen molar-refractivity contribution >= 4 is 5.82 Å². The fraction of sp³-hybridized carbons (Fsp3) is 0.0667. The smallest absolute Gasteiger partial charge is 0.129 e. The summed E-state index contributed by atoms with van der Waals surface area (Å²) >= 11 is 0. The Kier molecular flexibility index (Phi) is 2.76. The second kappa shape index (κ2) is 4.57. The third kappa shape index (κ3) is 1.97. The van der Waals surface area contributed by atoms with E-state index in [9.17, 15) is 0 Å². The van der Waals surface area contributed by atoms with E-state index in [-0.39, 0.29) is 0 Å². The van der Waals surface area contributed by atoms with E-state index in [1.165, 1.54) is 0 Å². The first-order chi connectivity index (χ1) is 9.27. The van der Waals surface area contributed by atoms with Gasteiger partial charge in [-0.25, -0.2) is 0 Å². The molecule has 0 unspecified atom stereocenters. The number of hydrogen-bond acceptors (Lipinski definition) is 3. The standard InChI is InChI=1S/C15H14N4/c1-19-15(16)13(11-5-3-2-4-6-11)14(18-19)12-7-9-17-10-8-12/h2-10H,16H2,1H3. The van der Waals surface area contributed by atoms with Crippen molar-refractivity contribution < 1.29 is 0 Å². The molecule has 0 aliphatic heterocycles. The molecule has 2 heterocycles. The van der Waals surface area contributed by atoms with Crippen LogP contribution in [0.5, 0.6) is 0 Å². The summed E-state index contributed by atoms with van der Waals surface area (Å²) in [5, 5.41) is 4.52. The molecule has 0 aliphatic carbocycles. The van der Waals surface area contributed by atoms with Gasteiger partial charge in [0.05, 0.1) is 5.56 Å². The highest BCUT2D eigenvalue weighted by Gasteiger charge is 2.16. The quantitative estimate of drug-likeness (QED) is 0.760. The first kappa shape index (κ1) is 11.5. The summed E-state index contributed by atoms with van der Waals surface area (Å²) in [6.07, 6.45) is 3.52. The zero-order valence-corrected chi connectivity index (χ0v) is 10.6. The van der Waals surface area contributed by atoms with Gasteiger partial charge in [-0.15, -0.1) is 0 Å². The maximum Gasteiger partial charge on any atom is 0.129 e. The van der Waals surface area contributed by atoms with Crippen LogP contribution in [0.3, 0.4) is 0 Å². The van der Waals surface area contributed by atoms with Crippen LogP contribution in [-0.4, -0.2) is 14.8 Å². The molecule has 94 valence electrons. The number of nitrogens with zero attached hydrogens (tertiary/aromatic N) is 3. The minimum atomic E-state index is 0.665. The van der Waals surface area contributed by atoms with Crippen LogP contribution in [-0.2, 0) is 7.05 Å². The summed E-state index contributed by atoms with van der Waals surface area (Å²) in [5.41, 5.74) is 10.1. The lowest BCUT2D eigenvalue weighted by Gasteiger charge is -2.03. The van der Waals surface area contributed by atoms with Crippen LogP contribution in [0.15, 0.2) is 54.9 Å². The summed E-state index contributed by atoms with van der Waals surface area (Å²) in [4.78, 5) is 4.04. The van der Waals surface area contributed by atoms with E-state index in [1.807, 2.05) is 49.5 Å². The molecule has 0 saturated heterocycles. The minimum absolute atomic E-state index is 0.665. The summed E-state index contributed by atoms with van der Waals surface area (Å²) in [7, 11) is 1.85. The summed E-state index contributed by atoms with van der Waals surface area (Å²) < 4.78 is 1.71. The molecular weight excluding hydrogens is 236 g/mol. The van der Waals surface area contributed by atoms with Gasteiger partial charge in [-0.3, -0.25) is 9.67 Å². The number of hydrogen-bond donors (Lipinski definition) is 1. The average Bonchev–Trinajstić information content (AvgIpc) is 2.77. The van der Waals surface area contributed by atoms with Gasteiger partial charge in [0.1, 0.15) is 11.5 Å². The van der Waals surface area contributed by atoms with Gasteiger partial charge in [0.15, 0.2) is 0 Å². The molecule has 0 amide bonds. The van der Waals surface area contributed by atoms with Crippen molar-refractivity contribution in [2.45, 2.75) is 0 Å². The van der Waals surface area contributed by atoms with Gasteiger partial charge in [-0.05, 0) is 17.7 Å². The molecule has 4 nitrogen and oxygen atoms in total. The van der Waals surface area contributed by atoms with Crippen LogP contribution >= 0.6 is 0 Å². The van der Waals surface area contributed by atoms with Crippen molar-refractivity contribution in [1.29, 1.82) is 0 Å². The van der Waals surface area contributed by atoms with Gasteiger partial charge in [-0.2, -0.15) is 5.10 Å². The minimum Gasteiger partial charge on any atom is -0.383 e. The Morgan fingerprint density at radius 3 is 2.32 bits per heavy atom. The van der Waals surface area contributed by atoms with Crippen molar-refractivity contribution in [3.05, 3.63) is 54.9 Å². The Morgan fingerprint density at radius 2 is 1.63 bits per heavy atom. The van der Waals surface area contributed by atoms with Crippen LogP contribution in [0, 0.1) is 0 Å². The largest absolute Gasteiger partial charge is 0.383 e. The molecule has 2 N–H and O–H groups in total. The van der Waals surface area contributed by atoms with E-state index in [4.69, 9.17) is 5.73 Å². The molecular formula is C15H14N4. The third-order valence-electron chi connectivity index (χ3n) is 3.11. The number of aryl methyl sites for hydroxylation is 1. The molecule has 0 aliphatic rings. The summed E-state index contributed by atoms with van der Waals surface area (Å²) in [6.45, 7) is 0. The van der Waals surface area contributed by atoms with Crippen LogP contribution < -0.4 is 5.73 Å². The Labute approximate surface area is 111 Å². The number of nitrogen functional groups attached to an aromatic ring is 1. The van der Waals surface area contributed by atoms with E-state index < -0.39 is 0 Å². The predicted molar refractivity (Wildman–Crippen MR) is 76.3 cm³/mol. The number of nitrogens with two attached hydrogens (primary N) is 1. The lowest BCUT2D eigenvalue weighted by molar-refractivity contribution is 0.782. The lowest BCUT2D eigenvalue weighted by atomic mass is 10.0. The van der Waals surface area contributed by atoms with Gasteiger partial charge in [0.2, 0.25) is 0 Å². The first-order valence-electron chi connectivity index (χ1n) is 6.05. The number of benzene rings is 1. The molecule has 0 radical (unpaired) electrons. The van der Waals surface area contributed by atoms with Crippen molar-refractivity contribution in [2.75, 3.05) is 5.73 Å². The predicted octanol–water partition coefficient (Wildman–Crippen LogP) is 2.73. The van der Waals surface area contributed by atoms with Gasteiger partial charge >= 0.3 is 0 Å². The van der Waals surface area contributed by atoms with E-state index in [0.717, 1.165) is 22.4 Å². The zero-order chi connectivity index (χ0) is 13.2. The van der Waals surface area contributed by atoms with Crippen LogP contribution in [0.2, 0.25) is 0 Å². The molecule has 1 aromatic carbocycles. The highest BCUT2D eigenvalue weighted by atomic mass is 15.3. The Morgan fingerprint density at radius 1 is 0.947 bits per heavy atom. The Balaban J connectivity index is 2.25. The highest BCUT2D eigenvalue weighted by molar-refractivity contribution is 5.87. The highest BCUT2D eigenvalue weighted by Crippen LogP contribution is 2.35.